The van der Waals surface area contributed by atoms with Gasteiger partial charge >= 0.3 is 5.97 Å². The molecule has 0 spiro atoms. The van der Waals surface area contributed by atoms with Crippen LogP contribution in [0.1, 0.15) is 35.7 Å². The number of amides is 1. The van der Waals surface area contributed by atoms with Crippen LogP contribution in [0.5, 0.6) is 0 Å². The molecule has 166 valence electrons. The molecule has 1 saturated carbocycles. The summed E-state index contributed by atoms with van der Waals surface area (Å²) in [5.74, 6) is -0.611. The van der Waals surface area contributed by atoms with Crippen molar-refractivity contribution >= 4 is 46.1 Å². The number of halogens is 1. The summed E-state index contributed by atoms with van der Waals surface area (Å²) in [5, 5.41) is 3.80. The molecule has 4 rings (SSSR count). The predicted molar refractivity (Wildman–Crippen MR) is 124 cm³/mol. The molecule has 7 nitrogen and oxygen atoms in total. The number of carbonyl (C=O) groups is 2. The van der Waals surface area contributed by atoms with Crippen LogP contribution < -0.4 is 10.9 Å². The van der Waals surface area contributed by atoms with Crippen LogP contribution in [0.3, 0.4) is 0 Å². The lowest BCUT2D eigenvalue weighted by Gasteiger charge is -2.17. The van der Waals surface area contributed by atoms with E-state index >= 15 is 0 Å². The Balaban J connectivity index is 1.78. The molecular formula is C23H22ClN3O4S. The van der Waals surface area contributed by atoms with Gasteiger partial charge < -0.3 is 10.1 Å². The van der Waals surface area contributed by atoms with Crippen LogP contribution in [-0.4, -0.2) is 39.8 Å². The first-order valence-corrected chi connectivity index (χ1v) is 11.5. The van der Waals surface area contributed by atoms with E-state index in [1.165, 1.54) is 35.6 Å². The minimum Gasteiger partial charge on any atom is -0.465 e. The normalized spacial score (nSPS) is 14.2. The summed E-state index contributed by atoms with van der Waals surface area (Å²) < 4.78 is 6.30. The number of fused-ring (bicyclic) bond motifs is 1. The van der Waals surface area contributed by atoms with Gasteiger partial charge in [-0.25, -0.2) is 9.78 Å². The summed E-state index contributed by atoms with van der Waals surface area (Å²) in [5.41, 5.74) is 1.15. The minimum atomic E-state index is -0.514. The van der Waals surface area contributed by atoms with Crippen LogP contribution >= 0.6 is 23.4 Å². The molecule has 1 atom stereocenters. The van der Waals surface area contributed by atoms with E-state index in [-0.39, 0.29) is 24.1 Å². The molecule has 0 saturated heterocycles. The third kappa shape index (κ3) is 4.81. The average molecular weight is 472 g/mol. The number of ether oxygens (including phenoxy) is 1. The Bertz CT molecular complexity index is 1260. The number of methoxy groups -OCH3 is 1. The highest BCUT2D eigenvalue weighted by Crippen LogP contribution is 2.27. The van der Waals surface area contributed by atoms with Crippen molar-refractivity contribution in [2.45, 2.75) is 42.8 Å². The summed E-state index contributed by atoms with van der Waals surface area (Å²) >= 11 is 7.53. The Morgan fingerprint density at radius 2 is 2.03 bits per heavy atom. The monoisotopic (exact) mass is 471 g/mol. The molecule has 0 aliphatic heterocycles. The van der Waals surface area contributed by atoms with E-state index in [2.05, 4.69) is 10.3 Å². The third-order valence-electron chi connectivity index (χ3n) is 5.20. The van der Waals surface area contributed by atoms with Gasteiger partial charge in [0.15, 0.2) is 5.16 Å². The Morgan fingerprint density at radius 1 is 1.28 bits per heavy atom. The molecule has 0 radical (unpaired) electrons. The Kier molecular flexibility index (Phi) is 6.53. The summed E-state index contributed by atoms with van der Waals surface area (Å²) in [6.07, 6.45) is 1.98. The van der Waals surface area contributed by atoms with Gasteiger partial charge in [0, 0.05) is 11.1 Å². The van der Waals surface area contributed by atoms with E-state index < -0.39 is 11.2 Å². The minimum absolute atomic E-state index is 0.0977. The maximum absolute atomic E-state index is 13.4. The Labute approximate surface area is 194 Å². The molecule has 3 aromatic rings. The van der Waals surface area contributed by atoms with Crippen LogP contribution in [0.25, 0.3) is 10.9 Å². The van der Waals surface area contributed by atoms with Gasteiger partial charge in [0.2, 0.25) is 5.91 Å². The lowest BCUT2D eigenvalue weighted by atomic mass is 10.1. The molecule has 1 amide bonds. The number of esters is 1. The highest BCUT2D eigenvalue weighted by Gasteiger charge is 2.27. The fourth-order valence-electron chi connectivity index (χ4n) is 3.23. The molecule has 1 aromatic heterocycles. The van der Waals surface area contributed by atoms with Crippen LogP contribution in [0.4, 0.5) is 0 Å². The maximum atomic E-state index is 13.4. The molecule has 1 N–H and O–H groups in total. The number of carbonyl (C=O) groups excluding carboxylic acids is 2. The number of thioether (sulfide) groups is 1. The molecule has 1 unspecified atom stereocenters. The van der Waals surface area contributed by atoms with Crippen molar-refractivity contribution in [3.05, 3.63) is 69.0 Å². The van der Waals surface area contributed by atoms with E-state index in [0.29, 0.717) is 26.6 Å². The lowest BCUT2D eigenvalue weighted by Crippen LogP contribution is -2.33. The third-order valence-corrected chi connectivity index (χ3v) is 6.66. The van der Waals surface area contributed by atoms with E-state index in [1.807, 2.05) is 18.2 Å². The maximum Gasteiger partial charge on any atom is 0.337 e. The first kappa shape index (κ1) is 22.4. The average Bonchev–Trinajstić information content (AvgIpc) is 3.60. The van der Waals surface area contributed by atoms with E-state index in [9.17, 15) is 14.4 Å². The van der Waals surface area contributed by atoms with Crippen molar-refractivity contribution in [3.8, 4) is 0 Å². The second kappa shape index (κ2) is 9.34. The first-order chi connectivity index (χ1) is 15.4. The second-order valence-corrected chi connectivity index (χ2v) is 9.36. The zero-order chi connectivity index (χ0) is 22.8. The van der Waals surface area contributed by atoms with Crippen molar-refractivity contribution in [3.63, 3.8) is 0 Å². The van der Waals surface area contributed by atoms with Gasteiger partial charge in [-0.15, -0.1) is 0 Å². The highest BCUT2D eigenvalue weighted by atomic mass is 35.5. The molecular weight excluding hydrogens is 450 g/mol. The van der Waals surface area contributed by atoms with Gasteiger partial charge in [-0.2, -0.15) is 0 Å². The van der Waals surface area contributed by atoms with Gasteiger partial charge in [-0.3, -0.25) is 14.2 Å². The standard InChI is InChI=1S/C23H22ClN3O4S/c1-13(20(28)25-16-8-9-16)32-23-26-19-11-14(22(30)31-2)7-10-17(19)21(29)27(23)12-15-5-3-4-6-18(15)24/h3-7,10-11,13,16H,8-9,12H2,1-2H3,(H,25,28). The van der Waals surface area contributed by atoms with E-state index in [1.54, 1.807) is 19.1 Å². The lowest BCUT2D eigenvalue weighted by molar-refractivity contribution is -0.120. The molecule has 2 aromatic carbocycles. The number of benzene rings is 2. The number of hydrogen-bond acceptors (Lipinski definition) is 6. The van der Waals surface area contributed by atoms with Crippen LogP contribution in [-0.2, 0) is 16.1 Å². The van der Waals surface area contributed by atoms with Gasteiger partial charge in [-0.05, 0) is 49.6 Å². The fourth-order valence-corrected chi connectivity index (χ4v) is 4.34. The topological polar surface area (TPSA) is 90.3 Å². The van der Waals surface area contributed by atoms with Gasteiger partial charge in [0.1, 0.15) is 0 Å². The van der Waals surface area contributed by atoms with Gasteiger partial charge in [-0.1, -0.05) is 41.6 Å². The van der Waals surface area contributed by atoms with Crippen molar-refractivity contribution in [2.75, 3.05) is 7.11 Å². The van der Waals surface area contributed by atoms with Crippen LogP contribution in [0.2, 0.25) is 5.02 Å². The van der Waals surface area contributed by atoms with Crippen molar-refractivity contribution < 1.29 is 14.3 Å². The Hall–Kier alpha value is -2.84. The number of nitrogens with one attached hydrogen (secondary N) is 1. The van der Waals surface area contributed by atoms with Crippen molar-refractivity contribution in [2.24, 2.45) is 0 Å². The number of aromatic nitrogens is 2. The molecule has 0 bridgehead atoms. The number of nitrogens with zero attached hydrogens (tertiary/aromatic N) is 2. The van der Waals surface area contributed by atoms with Gasteiger partial charge in [0.05, 0.1) is 35.4 Å². The van der Waals surface area contributed by atoms with Crippen LogP contribution in [0, 0.1) is 0 Å². The molecule has 1 fully saturated rings. The van der Waals surface area contributed by atoms with Gasteiger partial charge in [0.25, 0.3) is 5.56 Å². The second-order valence-electron chi connectivity index (χ2n) is 7.64. The highest BCUT2D eigenvalue weighted by molar-refractivity contribution is 8.00. The number of hydrogen-bond donors (Lipinski definition) is 1. The zero-order valence-corrected chi connectivity index (χ0v) is 19.2. The molecule has 1 aliphatic carbocycles. The SMILES string of the molecule is COC(=O)c1ccc2c(=O)n(Cc3ccccc3Cl)c(SC(C)C(=O)NC3CC3)nc2c1. The zero-order valence-electron chi connectivity index (χ0n) is 17.6. The molecule has 32 heavy (non-hydrogen) atoms. The molecule has 9 heteroatoms. The van der Waals surface area contributed by atoms with E-state index in [4.69, 9.17) is 16.3 Å². The summed E-state index contributed by atoms with van der Waals surface area (Å²) in [6, 6.07) is 12.1. The molecule has 1 heterocycles. The Morgan fingerprint density at radius 3 is 2.72 bits per heavy atom. The smallest absolute Gasteiger partial charge is 0.337 e. The van der Waals surface area contributed by atoms with Crippen molar-refractivity contribution in [1.82, 2.24) is 14.9 Å². The van der Waals surface area contributed by atoms with Crippen LogP contribution in [0.15, 0.2) is 52.4 Å². The summed E-state index contributed by atoms with van der Waals surface area (Å²) in [7, 11) is 1.29. The fraction of sp³-hybridized carbons (Fsp3) is 0.304. The van der Waals surface area contributed by atoms with Crippen molar-refractivity contribution in [1.29, 1.82) is 0 Å². The molecule has 1 aliphatic rings. The quantitative estimate of drug-likeness (QED) is 0.321. The predicted octanol–water partition coefficient (Wildman–Crippen LogP) is 3.64. The number of rotatable bonds is 7. The summed E-state index contributed by atoms with van der Waals surface area (Å²) in [4.78, 5) is 42.5. The first-order valence-electron chi connectivity index (χ1n) is 10.2. The van der Waals surface area contributed by atoms with E-state index in [0.717, 1.165) is 18.4 Å². The largest absolute Gasteiger partial charge is 0.465 e. The summed E-state index contributed by atoms with van der Waals surface area (Å²) in [6.45, 7) is 1.99.